The molecule has 3 amide bonds. The van der Waals surface area contributed by atoms with Gasteiger partial charge in [-0.05, 0) is 50.5 Å². The summed E-state index contributed by atoms with van der Waals surface area (Å²) in [4.78, 5) is 40.8. The predicted octanol–water partition coefficient (Wildman–Crippen LogP) is 2.88. The molecule has 2 aliphatic rings. The van der Waals surface area contributed by atoms with Gasteiger partial charge >= 0.3 is 0 Å². The summed E-state index contributed by atoms with van der Waals surface area (Å²) in [5.41, 5.74) is 4.87. The van der Waals surface area contributed by atoms with Crippen LogP contribution in [0.3, 0.4) is 0 Å². The lowest BCUT2D eigenvalue weighted by Gasteiger charge is -2.30. The summed E-state index contributed by atoms with van der Waals surface area (Å²) in [6.45, 7) is 4.29. The summed E-state index contributed by atoms with van der Waals surface area (Å²) in [6, 6.07) is 11.2. The Kier molecular flexibility index (Phi) is 3.87. The number of nitrogens with zero attached hydrogens (tertiary/aromatic N) is 2. The van der Waals surface area contributed by atoms with Crippen molar-refractivity contribution in [1.82, 2.24) is 4.90 Å². The van der Waals surface area contributed by atoms with Crippen LogP contribution in [0.15, 0.2) is 36.4 Å². The molecule has 2 aromatic carbocycles. The first-order chi connectivity index (χ1) is 12.5. The van der Waals surface area contributed by atoms with Crippen LogP contribution in [0, 0.1) is 13.8 Å². The highest BCUT2D eigenvalue weighted by Crippen LogP contribution is 2.29. The second kappa shape index (κ2) is 6.09. The van der Waals surface area contributed by atoms with Crippen LogP contribution in [0.4, 0.5) is 5.69 Å². The molecule has 26 heavy (non-hydrogen) atoms. The molecule has 2 aromatic rings. The molecule has 5 heteroatoms. The lowest BCUT2D eigenvalue weighted by Crippen LogP contribution is -2.44. The highest BCUT2D eigenvalue weighted by atomic mass is 16.2. The largest absolute Gasteiger partial charge is 0.311 e. The number of rotatable bonds is 2. The van der Waals surface area contributed by atoms with Crippen LogP contribution in [-0.4, -0.2) is 35.7 Å². The van der Waals surface area contributed by atoms with Crippen molar-refractivity contribution in [2.24, 2.45) is 0 Å². The highest BCUT2D eigenvalue weighted by Gasteiger charge is 2.37. The number of hydrogen-bond donors (Lipinski definition) is 0. The number of amides is 3. The average Bonchev–Trinajstić information content (AvgIpc) is 2.85. The van der Waals surface area contributed by atoms with E-state index in [2.05, 4.69) is 6.07 Å². The summed E-state index contributed by atoms with van der Waals surface area (Å²) >= 11 is 0. The zero-order valence-corrected chi connectivity index (χ0v) is 14.9. The summed E-state index contributed by atoms with van der Waals surface area (Å²) in [7, 11) is 0. The van der Waals surface area contributed by atoms with Gasteiger partial charge in [-0.2, -0.15) is 0 Å². The van der Waals surface area contributed by atoms with Gasteiger partial charge in [0.25, 0.3) is 11.8 Å². The number of benzene rings is 2. The lowest BCUT2D eigenvalue weighted by atomic mass is 9.99. The van der Waals surface area contributed by atoms with Gasteiger partial charge in [0.2, 0.25) is 5.91 Å². The molecule has 0 radical (unpaired) electrons. The van der Waals surface area contributed by atoms with Gasteiger partial charge in [-0.3, -0.25) is 19.3 Å². The molecule has 2 heterocycles. The Morgan fingerprint density at radius 3 is 2.46 bits per heavy atom. The minimum atomic E-state index is -0.389. The van der Waals surface area contributed by atoms with Gasteiger partial charge in [0.1, 0.15) is 6.54 Å². The summed E-state index contributed by atoms with van der Waals surface area (Å²) in [5.74, 6) is -0.997. The van der Waals surface area contributed by atoms with E-state index in [1.54, 1.807) is 23.1 Å². The van der Waals surface area contributed by atoms with Crippen LogP contribution in [0.5, 0.6) is 0 Å². The van der Waals surface area contributed by atoms with Gasteiger partial charge in [-0.15, -0.1) is 0 Å². The molecule has 5 nitrogen and oxygen atoms in total. The van der Waals surface area contributed by atoms with Crippen molar-refractivity contribution in [1.29, 1.82) is 0 Å². The fourth-order valence-electron chi connectivity index (χ4n) is 3.75. The van der Waals surface area contributed by atoms with Crippen molar-refractivity contribution in [2.75, 3.05) is 18.0 Å². The van der Waals surface area contributed by atoms with Crippen LogP contribution in [0.25, 0.3) is 0 Å². The van der Waals surface area contributed by atoms with Crippen LogP contribution >= 0.6 is 0 Å². The first kappa shape index (κ1) is 16.5. The molecule has 0 unspecified atom stereocenters. The van der Waals surface area contributed by atoms with E-state index in [-0.39, 0.29) is 24.3 Å². The van der Waals surface area contributed by atoms with Gasteiger partial charge in [0, 0.05) is 12.2 Å². The van der Waals surface area contributed by atoms with E-state index in [1.807, 2.05) is 26.0 Å². The molecule has 0 spiro atoms. The average molecular weight is 348 g/mol. The van der Waals surface area contributed by atoms with Gasteiger partial charge in [0.05, 0.1) is 11.1 Å². The van der Waals surface area contributed by atoms with Crippen molar-refractivity contribution >= 4 is 23.4 Å². The molecule has 0 N–H and O–H groups in total. The molecule has 4 rings (SSSR count). The van der Waals surface area contributed by atoms with E-state index < -0.39 is 0 Å². The maximum Gasteiger partial charge on any atom is 0.262 e. The zero-order valence-electron chi connectivity index (χ0n) is 14.9. The minimum absolute atomic E-state index is 0.221. The first-order valence-corrected chi connectivity index (χ1v) is 8.82. The first-order valence-electron chi connectivity index (χ1n) is 8.82. The smallest absolute Gasteiger partial charge is 0.262 e. The summed E-state index contributed by atoms with van der Waals surface area (Å²) in [6.07, 6.45) is 1.82. The van der Waals surface area contributed by atoms with E-state index in [9.17, 15) is 14.4 Å². The zero-order chi connectivity index (χ0) is 18.4. The third-order valence-corrected chi connectivity index (χ3v) is 5.07. The quantitative estimate of drug-likeness (QED) is 0.784. The maximum absolute atomic E-state index is 12.9. The number of fused-ring (bicyclic) bond motifs is 2. The number of aryl methyl sites for hydroxylation is 3. The Bertz CT molecular complexity index is 948. The molecular weight excluding hydrogens is 328 g/mol. The summed E-state index contributed by atoms with van der Waals surface area (Å²) in [5, 5.41) is 0. The second-order valence-corrected chi connectivity index (χ2v) is 7.03. The maximum atomic E-state index is 12.9. The Labute approximate surface area is 152 Å². The summed E-state index contributed by atoms with van der Waals surface area (Å²) < 4.78 is 0. The Morgan fingerprint density at radius 2 is 1.65 bits per heavy atom. The van der Waals surface area contributed by atoms with E-state index >= 15 is 0 Å². The van der Waals surface area contributed by atoms with Gasteiger partial charge < -0.3 is 4.90 Å². The Hall–Kier alpha value is -2.95. The molecule has 0 atom stereocenters. The van der Waals surface area contributed by atoms with Crippen molar-refractivity contribution in [3.05, 3.63) is 64.2 Å². The number of anilines is 1. The molecular formula is C21H20N2O3. The lowest BCUT2D eigenvalue weighted by molar-refractivity contribution is -0.119. The van der Waals surface area contributed by atoms with Crippen molar-refractivity contribution in [3.63, 3.8) is 0 Å². The molecule has 0 aliphatic carbocycles. The fraction of sp³-hybridized carbons (Fsp3) is 0.286. The molecule has 0 fully saturated rings. The third kappa shape index (κ3) is 2.60. The van der Waals surface area contributed by atoms with Gasteiger partial charge in [-0.1, -0.05) is 29.3 Å². The second-order valence-electron chi connectivity index (χ2n) is 7.03. The van der Waals surface area contributed by atoms with Crippen LogP contribution in [-0.2, 0) is 11.2 Å². The molecule has 0 saturated carbocycles. The molecule has 0 aromatic heterocycles. The number of hydrogen-bond acceptors (Lipinski definition) is 3. The van der Waals surface area contributed by atoms with Crippen molar-refractivity contribution in [2.45, 2.75) is 26.7 Å². The SMILES string of the molecule is Cc1ccc2c(c1)CCCN2C(=O)CN1C(=O)c2ccc(C)cc2C1=O. The monoisotopic (exact) mass is 348 g/mol. The fourth-order valence-corrected chi connectivity index (χ4v) is 3.75. The molecule has 2 aliphatic heterocycles. The minimum Gasteiger partial charge on any atom is -0.311 e. The molecule has 132 valence electrons. The van der Waals surface area contributed by atoms with Crippen LogP contribution in [0.2, 0.25) is 0 Å². The van der Waals surface area contributed by atoms with E-state index in [4.69, 9.17) is 0 Å². The molecule has 0 saturated heterocycles. The topological polar surface area (TPSA) is 57.7 Å². The standard InChI is InChI=1S/C21H20N2O3/c1-13-6-8-18-15(10-13)4-3-9-22(18)19(24)12-23-20(25)16-7-5-14(2)11-17(16)21(23)26/h5-8,10-11H,3-4,9,12H2,1-2H3. The normalized spacial score (nSPS) is 15.9. The number of imide groups is 1. The van der Waals surface area contributed by atoms with E-state index in [0.29, 0.717) is 17.7 Å². The van der Waals surface area contributed by atoms with Crippen molar-refractivity contribution in [3.8, 4) is 0 Å². The van der Waals surface area contributed by atoms with Crippen LogP contribution < -0.4 is 4.90 Å². The van der Waals surface area contributed by atoms with Gasteiger partial charge in [0.15, 0.2) is 0 Å². The Morgan fingerprint density at radius 1 is 0.962 bits per heavy atom. The third-order valence-electron chi connectivity index (χ3n) is 5.07. The predicted molar refractivity (Wildman–Crippen MR) is 98.4 cm³/mol. The van der Waals surface area contributed by atoms with Crippen LogP contribution in [0.1, 0.15) is 43.8 Å². The number of carbonyl (C=O) groups excluding carboxylic acids is 3. The Balaban J connectivity index is 1.59. The molecule has 0 bridgehead atoms. The van der Waals surface area contributed by atoms with E-state index in [1.165, 1.54) is 0 Å². The highest BCUT2D eigenvalue weighted by molar-refractivity contribution is 6.22. The number of carbonyl (C=O) groups is 3. The van der Waals surface area contributed by atoms with Crippen molar-refractivity contribution < 1.29 is 14.4 Å². The van der Waals surface area contributed by atoms with E-state index in [0.717, 1.165) is 40.1 Å². The van der Waals surface area contributed by atoms with Gasteiger partial charge in [-0.25, -0.2) is 0 Å².